The van der Waals surface area contributed by atoms with Gasteiger partial charge in [0.1, 0.15) is 5.75 Å². The minimum Gasteiger partial charge on any atom is -0.482 e. The Bertz CT molecular complexity index is 462. The van der Waals surface area contributed by atoms with Gasteiger partial charge in [-0.3, -0.25) is 4.79 Å². The molecule has 3 N–H and O–H groups in total. The highest BCUT2D eigenvalue weighted by atomic mass is 35.5. The lowest BCUT2D eigenvalue weighted by atomic mass is 9.94. The van der Waals surface area contributed by atoms with E-state index in [1.54, 1.807) is 18.2 Å². The van der Waals surface area contributed by atoms with Crippen molar-refractivity contribution < 1.29 is 9.53 Å². The van der Waals surface area contributed by atoms with Crippen molar-refractivity contribution >= 4 is 29.1 Å². The maximum absolute atomic E-state index is 11.7. The van der Waals surface area contributed by atoms with Crippen molar-refractivity contribution in [2.24, 2.45) is 5.73 Å². The molecule has 0 heterocycles. The van der Waals surface area contributed by atoms with Gasteiger partial charge in [0.2, 0.25) is 0 Å². The molecule has 0 aromatic heterocycles. The van der Waals surface area contributed by atoms with Gasteiger partial charge in [-0.1, -0.05) is 37.0 Å². The molecule has 0 atom stereocenters. The van der Waals surface area contributed by atoms with Gasteiger partial charge in [-0.2, -0.15) is 0 Å². The molecular weight excluding hydrogens is 299 g/mol. The molecule has 0 aliphatic carbocycles. The van der Waals surface area contributed by atoms with Crippen molar-refractivity contribution in [2.45, 2.75) is 32.2 Å². The average Bonchev–Trinajstić information content (AvgIpc) is 2.44. The predicted molar refractivity (Wildman–Crippen MR) is 82.5 cm³/mol. The van der Waals surface area contributed by atoms with Gasteiger partial charge >= 0.3 is 0 Å². The van der Waals surface area contributed by atoms with Gasteiger partial charge in [0, 0.05) is 17.1 Å². The van der Waals surface area contributed by atoms with Crippen LogP contribution in [0.25, 0.3) is 0 Å². The van der Waals surface area contributed by atoms with Crippen LogP contribution < -0.4 is 15.8 Å². The number of amides is 1. The first-order chi connectivity index (χ1) is 9.40. The van der Waals surface area contributed by atoms with E-state index < -0.39 is 0 Å². The number of benzene rings is 1. The van der Waals surface area contributed by atoms with Crippen LogP contribution in [-0.2, 0) is 4.79 Å². The summed E-state index contributed by atoms with van der Waals surface area (Å²) in [6.45, 7) is 4.32. The average molecular weight is 319 g/mol. The Morgan fingerprint density at radius 2 is 2.00 bits per heavy atom. The van der Waals surface area contributed by atoms with E-state index >= 15 is 0 Å². The quantitative estimate of drug-likeness (QED) is 0.812. The molecule has 1 aromatic carbocycles. The molecule has 1 aromatic rings. The van der Waals surface area contributed by atoms with Gasteiger partial charge in [0.15, 0.2) is 6.61 Å². The number of nitrogens with one attached hydrogen (secondary N) is 1. The molecule has 6 heteroatoms. The van der Waals surface area contributed by atoms with Crippen LogP contribution in [0.4, 0.5) is 0 Å². The van der Waals surface area contributed by atoms with Crippen LogP contribution in [0.3, 0.4) is 0 Å². The second-order valence-corrected chi connectivity index (χ2v) is 5.55. The summed E-state index contributed by atoms with van der Waals surface area (Å²) in [6, 6.07) is 4.85. The summed E-state index contributed by atoms with van der Waals surface area (Å²) in [5, 5.41) is 3.66. The Morgan fingerprint density at radius 3 is 2.55 bits per heavy atom. The first-order valence-corrected chi connectivity index (χ1v) is 7.29. The van der Waals surface area contributed by atoms with E-state index in [1.807, 2.05) is 13.8 Å². The second kappa shape index (κ2) is 7.72. The van der Waals surface area contributed by atoms with Crippen molar-refractivity contribution in [1.29, 1.82) is 0 Å². The molecular formula is C14H20Cl2N2O2. The summed E-state index contributed by atoms with van der Waals surface area (Å²) in [5.41, 5.74) is 5.73. The van der Waals surface area contributed by atoms with E-state index in [9.17, 15) is 4.79 Å². The van der Waals surface area contributed by atoms with E-state index in [1.165, 1.54) is 0 Å². The zero-order valence-corrected chi connectivity index (χ0v) is 13.2. The smallest absolute Gasteiger partial charge is 0.258 e. The number of carbonyl (C=O) groups is 1. The summed E-state index contributed by atoms with van der Waals surface area (Å²) >= 11 is 11.7. The zero-order chi connectivity index (χ0) is 15.2. The molecule has 0 saturated heterocycles. The molecule has 20 heavy (non-hydrogen) atoms. The highest BCUT2D eigenvalue weighted by Gasteiger charge is 2.20. The lowest BCUT2D eigenvalue weighted by Gasteiger charge is -2.26. The normalized spacial score (nSPS) is 11.2. The molecule has 0 saturated carbocycles. The van der Waals surface area contributed by atoms with Crippen LogP contribution in [-0.4, -0.2) is 24.6 Å². The lowest BCUT2D eigenvalue weighted by Crippen LogP contribution is -2.50. The largest absolute Gasteiger partial charge is 0.482 e. The number of hydrogen-bond acceptors (Lipinski definition) is 3. The monoisotopic (exact) mass is 318 g/mol. The fourth-order valence-electron chi connectivity index (χ4n) is 1.56. The van der Waals surface area contributed by atoms with E-state index in [-0.39, 0.29) is 18.1 Å². The zero-order valence-electron chi connectivity index (χ0n) is 11.7. The van der Waals surface area contributed by atoms with E-state index in [0.717, 1.165) is 12.8 Å². The summed E-state index contributed by atoms with van der Waals surface area (Å²) in [4.78, 5) is 11.7. The molecule has 0 fully saturated rings. The Hall–Kier alpha value is -0.970. The third-order valence-corrected chi connectivity index (χ3v) is 3.83. The first-order valence-electron chi connectivity index (χ1n) is 6.53. The Balaban J connectivity index is 2.44. The van der Waals surface area contributed by atoms with Crippen molar-refractivity contribution in [3.8, 4) is 5.75 Å². The molecule has 112 valence electrons. The molecule has 4 nitrogen and oxygen atoms in total. The molecule has 0 bridgehead atoms. The maximum atomic E-state index is 11.7. The van der Waals surface area contributed by atoms with Crippen LogP contribution in [0.5, 0.6) is 5.75 Å². The van der Waals surface area contributed by atoms with Crippen LogP contribution in [0.2, 0.25) is 10.0 Å². The standard InChI is InChI=1S/C14H20Cl2N2O2/c1-3-14(17,4-2)9-18-13(19)8-20-12-6-5-10(15)7-11(12)16/h5-7H,3-4,8-9,17H2,1-2H3,(H,18,19). The summed E-state index contributed by atoms with van der Waals surface area (Å²) in [7, 11) is 0. The van der Waals surface area contributed by atoms with Gasteiger partial charge < -0.3 is 15.8 Å². The molecule has 1 amide bonds. The third kappa shape index (κ3) is 5.19. The van der Waals surface area contributed by atoms with E-state index in [0.29, 0.717) is 22.3 Å². The van der Waals surface area contributed by atoms with E-state index in [4.69, 9.17) is 33.7 Å². The summed E-state index contributed by atoms with van der Waals surface area (Å²) in [6.07, 6.45) is 1.60. The highest BCUT2D eigenvalue weighted by Crippen LogP contribution is 2.27. The van der Waals surface area contributed by atoms with Crippen LogP contribution in [0.15, 0.2) is 18.2 Å². The minimum atomic E-state index is -0.367. The van der Waals surface area contributed by atoms with Gasteiger partial charge in [-0.15, -0.1) is 0 Å². The molecule has 0 aliphatic heterocycles. The maximum Gasteiger partial charge on any atom is 0.258 e. The van der Waals surface area contributed by atoms with Crippen LogP contribution in [0.1, 0.15) is 26.7 Å². The fraction of sp³-hybridized carbons (Fsp3) is 0.500. The van der Waals surface area contributed by atoms with Gasteiger partial charge in [0.25, 0.3) is 5.91 Å². The number of ether oxygens (including phenoxy) is 1. The third-order valence-electron chi connectivity index (χ3n) is 3.30. The molecule has 0 radical (unpaired) electrons. The second-order valence-electron chi connectivity index (χ2n) is 4.71. The Morgan fingerprint density at radius 1 is 1.35 bits per heavy atom. The van der Waals surface area contributed by atoms with Crippen molar-refractivity contribution in [3.05, 3.63) is 28.2 Å². The highest BCUT2D eigenvalue weighted by molar-refractivity contribution is 6.35. The first kappa shape index (κ1) is 17.1. The Kier molecular flexibility index (Phi) is 6.59. The summed E-state index contributed by atoms with van der Waals surface area (Å²) in [5.74, 6) is 0.198. The Labute approximate surface area is 129 Å². The van der Waals surface area contributed by atoms with Gasteiger partial charge in [-0.05, 0) is 31.0 Å². The SMILES string of the molecule is CCC(N)(CC)CNC(=O)COc1ccc(Cl)cc1Cl. The number of rotatable bonds is 7. The lowest BCUT2D eigenvalue weighted by molar-refractivity contribution is -0.123. The van der Waals surface area contributed by atoms with Gasteiger partial charge in [0.05, 0.1) is 5.02 Å². The van der Waals surface area contributed by atoms with Crippen LogP contribution >= 0.6 is 23.2 Å². The number of nitrogens with two attached hydrogens (primary N) is 1. The van der Waals surface area contributed by atoms with Crippen molar-refractivity contribution in [2.75, 3.05) is 13.2 Å². The predicted octanol–water partition coefficient (Wildman–Crippen LogP) is 3.01. The number of halogens is 2. The molecule has 1 rings (SSSR count). The molecule has 0 unspecified atom stereocenters. The fourth-order valence-corrected chi connectivity index (χ4v) is 2.02. The summed E-state index contributed by atoms with van der Waals surface area (Å²) < 4.78 is 5.34. The van der Waals surface area contributed by atoms with Crippen LogP contribution in [0, 0.1) is 0 Å². The topological polar surface area (TPSA) is 64.3 Å². The number of carbonyl (C=O) groups excluding carboxylic acids is 1. The molecule has 0 aliphatic rings. The van der Waals surface area contributed by atoms with Crippen molar-refractivity contribution in [1.82, 2.24) is 5.32 Å². The molecule has 0 spiro atoms. The van der Waals surface area contributed by atoms with Gasteiger partial charge in [-0.25, -0.2) is 0 Å². The number of hydrogen-bond donors (Lipinski definition) is 2. The van der Waals surface area contributed by atoms with E-state index in [2.05, 4.69) is 5.32 Å². The van der Waals surface area contributed by atoms with Crippen molar-refractivity contribution in [3.63, 3.8) is 0 Å². The minimum absolute atomic E-state index is 0.106.